The Morgan fingerprint density at radius 2 is 1.00 bits per heavy atom. The molecule has 2 rings (SSSR count). The highest BCUT2D eigenvalue weighted by Crippen LogP contribution is 2.27. The van der Waals surface area contributed by atoms with Gasteiger partial charge < -0.3 is 5.32 Å². The first-order valence-electron chi connectivity index (χ1n) is 9.68. The van der Waals surface area contributed by atoms with Crippen molar-refractivity contribution in [3.8, 4) is 0 Å². The first-order valence-corrected chi connectivity index (χ1v) is 9.68. The normalized spacial score (nSPS) is 25.2. The van der Waals surface area contributed by atoms with Gasteiger partial charge in [0.25, 0.3) is 0 Å². The minimum atomic E-state index is 0.829. The van der Waals surface area contributed by atoms with E-state index in [4.69, 9.17) is 0 Å². The lowest BCUT2D eigenvalue weighted by molar-refractivity contribution is 0.382. The van der Waals surface area contributed by atoms with Crippen LogP contribution in [0.25, 0.3) is 0 Å². The number of hydrogen-bond donors (Lipinski definition) is 1. The zero-order valence-electron chi connectivity index (χ0n) is 13.7. The van der Waals surface area contributed by atoms with E-state index in [2.05, 4.69) is 5.32 Å². The van der Waals surface area contributed by atoms with Crippen molar-refractivity contribution >= 4 is 0 Å². The highest BCUT2D eigenvalue weighted by Gasteiger charge is 2.15. The van der Waals surface area contributed by atoms with Crippen LogP contribution < -0.4 is 5.32 Å². The van der Waals surface area contributed by atoms with Gasteiger partial charge in [0.15, 0.2) is 0 Å². The predicted molar refractivity (Wildman–Crippen MR) is 89.2 cm³/mol. The van der Waals surface area contributed by atoms with Crippen molar-refractivity contribution < 1.29 is 0 Å². The van der Waals surface area contributed by atoms with E-state index in [1.54, 1.807) is 0 Å². The first kappa shape index (κ1) is 16.3. The van der Waals surface area contributed by atoms with E-state index < -0.39 is 0 Å². The molecule has 2 fully saturated rings. The average Bonchev–Trinajstić information content (AvgIpc) is 2.94. The maximum Gasteiger partial charge on any atom is 0.00670 e. The minimum Gasteiger partial charge on any atom is -0.314 e. The third kappa shape index (κ3) is 7.11. The second-order valence-electron chi connectivity index (χ2n) is 7.35. The topological polar surface area (TPSA) is 12.0 Å². The van der Waals surface area contributed by atoms with Crippen LogP contribution in [0.3, 0.4) is 0 Å². The van der Waals surface area contributed by atoms with E-state index in [-0.39, 0.29) is 0 Å². The van der Waals surface area contributed by atoms with Crippen molar-refractivity contribution in [3.05, 3.63) is 0 Å². The van der Waals surface area contributed by atoms with Crippen LogP contribution in [0.1, 0.15) is 103 Å². The lowest BCUT2D eigenvalue weighted by Gasteiger charge is -2.20. The lowest BCUT2D eigenvalue weighted by atomic mass is 9.97. The molecule has 0 saturated heterocycles. The maximum atomic E-state index is 3.90. The summed E-state index contributed by atoms with van der Waals surface area (Å²) < 4.78 is 0. The van der Waals surface area contributed by atoms with E-state index >= 15 is 0 Å². The SMILES string of the molecule is C1CCCCCC(NCCC2CCCC2)CCCCC1. The van der Waals surface area contributed by atoms with Gasteiger partial charge in [-0.15, -0.1) is 0 Å². The molecule has 1 nitrogen and oxygen atoms in total. The van der Waals surface area contributed by atoms with E-state index in [9.17, 15) is 0 Å². The summed E-state index contributed by atoms with van der Waals surface area (Å²) in [6, 6.07) is 0.829. The van der Waals surface area contributed by atoms with Crippen molar-refractivity contribution in [2.24, 2.45) is 5.92 Å². The highest BCUT2D eigenvalue weighted by molar-refractivity contribution is 4.72. The molecule has 0 aliphatic heterocycles. The van der Waals surface area contributed by atoms with Crippen molar-refractivity contribution in [1.82, 2.24) is 5.32 Å². The quantitative estimate of drug-likeness (QED) is 0.682. The van der Waals surface area contributed by atoms with Gasteiger partial charge in [-0.1, -0.05) is 83.5 Å². The van der Waals surface area contributed by atoms with Gasteiger partial charge in [-0.2, -0.15) is 0 Å². The Morgan fingerprint density at radius 3 is 1.55 bits per heavy atom. The van der Waals surface area contributed by atoms with Crippen LogP contribution >= 0.6 is 0 Å². The number of hydrogen-bond acceptors (Lipinski definition) is 1. The molecule has 1 N–H and O–H groups in total. The third-order valence-electron chi connectivity index (χ3n) is 5.57. The summed E-state index contributed by atoms with van der Waals surface area (Å²) in [6.07, 6.45) is 23.6. The van der Waals surface area contributed by atoms with Crippen LogP contribution in [-0.4, -0.2) is 12.6 Å². The molecule has 2 saturated carbocycles. The number of nitrogens with one attached hydrogen (secondary N) is 1. The van der Waals surface area contributed by atoms with Crippen LogP contribution in [0.5, 0.6) is 0 Å². The summed E-state index contributed by atoms with van der Waals surface area (Å²) >= 11 is 0. The van der Waals surface area contributed by atoms with Gasteiger partial charge in [0.1, 0.15) is 0 Å². The smallest absolute Gasteiger partial charge is 0.00670 e. The van der Waals surface area contributed by atoms with E-state index in [1.807, 2.05) is 0 Å². The summed E-state index contributed by atoms with van der Waals surface area (Å²) in [5.74, 6) is 1.05. The van der Waals surface area contributed by atoms with Crippen molar-refractivity contribution in [2.75, 3.05) is 6.54 Å². The summed E-state index contributed by atoms with van der Waals surface area (Å²) in [5, 5.41) is 3.90. The minimum absolute atomic E-state index is 0.829. The summed E-state index contributed by atoms with van der Waals surface area (Å²) in [5.41, 5.74) is 0. The fraction of sp³-hybridized carbons (Fsp3) is 1.00. The van der Waals surface area contributed by atoms with Gasteiger partial charge in [-0.05, 0) is 31.7 Å². The van der Waals surface area contributed by atoms with Crippen LogP contribution in [0.2, 0.25) is 0 Å². The Hall–Kier alpha value is -0.0400. The molecular weight excluding hydrogens is 242 g/mol. The second kappa shape index (κ2) is 10.7. The van der Waals surface area contributed by atoms with Gasteiger partial charge in [-0.25, -0.2) is 0 Å². The van der Waals surface area contributed by atoms with E-state index in [0.717, 1.165) is 12.0 Å². The maximum absolute atomic E-state index is 3.90. The first-order chi connectivity index (χ1) is 9.95. The Balaban J connectivity index is 1.60. The zero-order chi connectivity index (χ0) is 13.9. The van der Waals surface area contributed by atoms with Gasteiger partial charge in [0.2, 0.25) is 0 Å². The van der Waals surface area contributed by atoms with Crippen LogP contribution in [0, 0.1) is 5.92 Å². The van der Waals surface area contributed by atoms with Gasteiger partial charge in [0.05, 0.1) is 0 Å². The molecule has 20 heavy (non-hydrogen) atoms. The summed E-state index contributed by atoms with van der Waals surface area (Å²) in [4.78, 5) is 0. The summed E-state index contributed by atoms with van der Waals surface area (Å²) in [7, 11) is 0. The molecule has 2 aliphatic carbocycles. The van der Waals surface area contributed by atoms with Gasteiger partial charge in [0, 0.05) is 6.04 Å². The predicted octanol–water partition coefficient (Wildman–Crippen LogP) is 5.83. The third-order valence-corrected chi connectivity index (χ3v) is 5.57. The molecule has 0 atom stereocenters. The Bertz CT molecular complexity index is 208. The van der Waals surface area contributed by atoms with Crippen molar-refractivity contribution in [1.29, 1.82) is 0 Å². The molecule has 0 spiro atoms. The van der Waals surface area contributed by atoms with Crippen molar-refractivity contribution in [2.45, 2.75) is 109 Å². The molecular formula is C19H37N. The summed E-state index contributed by atoms with van der Waals surface area (Å²) in [6.45, 7) is 1.29. The second-order valence-corrected chi connectivity index (χ2v) is 7.35. The van der Waals surface area contributed by atoms with E-state index in [1.165, 1.54) is 109 Å². The Kier molecular flexibility index (Phi) is 8.70. The highest BCUT2D eigenvalue weighted by atomic mass is 14.9. The molecule has 0 heterocycles. The monoisotopic (exact) mass is 279 g/mol. The average molecular weight is 280 g/mol. The van der Waals surface area contributed by atoms with Crippen LogP contribution in [0.15, 0.2) is 0 Å². The fourth-order valence-electron chi connectivity index (χ4n) is 4.16. The van der Waals surface area contributed by atoms with Crippen LogP contribution in [0.4, 0.5) is 0 Å². The molecule has 1 heteroatoms. The molecule has 0 aromatic heterocycles. The lowest BCUT2D eigenvalue weighted by Crippen LogP contribution is -2.30. The fourth-order valence-corrected chi connectivity index (χ4v) is 4.16. The Labute approximate surface area is 127 Å². The van der Waals surface area contributed by atoms with Gasteiger partial charge in [-0.3, -0.25) is 0 Å². The van der Waals surface area contributed by atoms with E-state index in [0.29, 0.717) is 0 Å². The molecule has 0 aromatic carbocycles. The molecule has 0 amide bonds. The molecule has 2 aliphatic rings. The molecule has 0 unspecified atom stereocenters. The Morgan fingerprint density at radius 1 is 0.550 bits per heavy atom. The molecule has 0 aromatic rings. The molecule has 0 radical (unpaired) electrons. The number of rotatable bonds is 4. The molecule has 118 valence electrons. The molecule has 0 bridgehead atoms. The standard InChI is InChI=1S/C19H37N/c1-2-4-6-8-14-19(15-9-7-5-3-1)20-17-16-18-12-10-11-13-18/h18-20H,1-17H2. The van der Waals surface area contributed by atoms with Gasteiger partial charge >= 0.3 is 0 Å². The van der Waals surface area contributed by atoms with Crippen LogP contribution in [-0.2, 0) is 0 Å². The largest absolute Gasteiger partial charge is 0.314 e. The van der Waals surface area contributed by atoms with Crippen molar-refractivity contribution in [3.63, 3.8) is 0 Å². The zero-order valence-corrected chi connectivity index (χ0v) is 13.7.